The van der Waals surface area contributed by atoms with Crippen LogP contribution < -0.4 is 4.90 Å². The van der Waals surface area contributed by atoms with Crippen molar-refractivity contribution in [2.75, 3.05) is 18.0 Å². The van der Waals surface area contributed by atoms with Crippen LogP contribution in [0.4, 0.5) is 5.69 Å². The first-order chi connectivity index (χ1) is 10.3. The Kier molecular flexibility index (Phi) is 4.05. The Balaban J connectivity index is 1.88. The molecule has 0 radical (unpaired) electrons. The van der Waals surface area contributed by atoms with Gasteiger partial charge in [-0.05, 0) is 36.1 Å². The van der Waals surface area contributed by atoms with Crippen molar-refractivity contribution in [1.82, 2.24) is 0 Å². The number of benzene rings is 2. The maximum absolute atomic E-state index is 12.2. The minimum absolute atomic E-state index is 0.229. The molecule has 0 saturated carbocycles. The summed E-state index contributed by atoms with van der Waals surface area (Å²) < 4.78 is 0. The molecule has 2 nitrogen and oxygen atoms in total. The minimum atomic E-state index is 0.229. The largest absolute Gasteiger partial charge is 0.370 e. The molecule has 0 bridgehead atoms. The Bertz CT molecular complexity index is 621. The molecule has 0 fully saturated rings. The molecule has 0 aromatic heterocycles. The Hall–Kier alpha value is -2.09. The SMILES string of the molecule is CCC(=O)c1ccccc1N1CCc2ccccc2CC1. The lowest BCUT2D eigenvalue weighted by molar-refractivity contribution is 0.0988. The number of hydrogen-bond donors (Lipinski definition) is 0. The lowest BCUT2D eigenvalue weighted by Crippen LogP contribution is -2.27. The summed E-state index contributed by atoms with van der Waals surface area (Å²) in [6, 6.07) is 16.7. The van der Waals surface area contributed by atoms with Gasteiger partial charge in [0, 0.05) is 30.8 Å². The molecule has 0 atom stereocenters. The number of carbonyl (C=O) groups excluding carboxylic acids is 1. The van der Waals surface area contributed by atoms with E-state index in [-0.39, 0.29) is 5.78 Å². The summed E-state index contributed by atoms with van der Waals surface area (Å²) in [5, 5.41) is 0. The lowest BCUT2D eigenvalue weighted by atomic mass is 10.0. The van der Waals surface area contributed by atoms with Crippen LogP contribution in [0, 0.1) is 0 Å². The second kappa shape index (κ2) is 6.13. The molecule has 2 heteroatoms. The number of rotatable bonds is 3. The zero-order valence-electron chi connectivity index (χ0n) is 12.5. The molecule has 1 aliphatic rings. The Morgan fingerprint density at radius 2 is 1.52 bits per heavy atom. The van der Waals surface area contributed by atoms with Crippen LogP contribution in [0.2, 0.25) is 0 Å². The van der Waals surface area contributed by atoms with E-state index in [1.165, 1.54) is 11.1 Å². The van der Waals surface area contributed by atoms with Gasteiger partial charge in [-0.25, -0.2) is 0 Å². The molecule has 3 rings (SSSR count). The number of para-hydroxylation sites is 1. The molecule has 0 amide bonds. The van der Waals surface area contributed by atoms with E-state index in [0.29, 0.717) is 6.42 Å². The van der Waals surface area contributed by atoms with Crippen LogP contribution in [0.5, 0.6) is 0 Å². The smallest absolute Gasteiger partial charge is 0.164 e. The van der Waals surface area contributed by atoms with Gasteiger partial charge in [-0.3, -0.25) is 4.79 Å². The molecule has 0 unspecified atom stereocenters. The maximum atomic E-state index is 12.2. The maximum Gasteiger partial charge on any atom is 0.164 e. The fraction of sp³-hybridized carbons (Fsp3) is 0.316. The van der Waals surface area contributed by atoms with Crippen LogP contribution in [0.25, 0.3) is 0 Å². The first-order valence-corrected chi connectivity index (χ1v) is 7.73. The third kappa shape index (κ3) is 2.85. The average Bonchev–Trinajstić information content (AvgIpc) is 2.77. The highest BCUT2D eigenvalue weighted by molar-refractivity contribution is 6.01. The second-order valence-electron chi connectivity index (χ2n) is 5.55. The summed E-state index contributed by atoms with van der Waals surface area (Å²) >= 11 is 0. The summed E-state index contributed by atoms with van der Waals surface area (Å²) in [5.74, 6) is 0.229. The predicted molar refractivity (Wildman–Crippen MR) is 87.1 cm³/mol. The van der Waals surface area contributed by atoms with Crippen LogP contribution in [0.15, 0.2) is 48.5 Å². The molecule has 2 aromatic rings. The van der Waals surface area contributed by atoms with Gasteiger partial charge in [0.25, 0.3) is 0 Å². The average molecular weight is 279 g/mol. The number of hydrogen-bond acceptors (Lipinski definition) is 2. The fourth-order valence-corrected chi connectivity index (χ4v) is 3.08. The van der Waals surface area contributed by atoms with Gasteiger partial charge < -0.3 is 4.90 Å². The van der Waals surface area contributed by atoms with Gasteiger partial charge in [-0.1, -0.05) is 43.3 Å². The van der Waals surface area contributed by atoms with Crippen LogP contribution in [-0.4, -0.2) is 18.9 Å². The highest BCUT2D eigenvalue weighted by atomic mass is 16.1. The summed E-state index contributed by atoms with van der Waals surface area (Å²) in [6.45, 7) is 3.88. The first kappa shape index (κ1) is 13.9. The number of ketones is 1. The molecular weight excluding hydrogens is 258 g/mol. The highest BCUT2D eigenvalue weighted by Gasteiger charge is 2.18. The van der Waals surface area contributed by atoms with Crippen molar-refractivity contribution in [2.45, 2.75) is 26.2 Å². The van der Waals surface area contributed by atoms with Crippen molar-refractivity contribution >= 4 is 11.5 Å². The van der Waals surface area contributed by atoms with E-state index in [4.69, 9.17) is 0 Å². The van der Waals surface area contributed by atoms with E-state index < -0.39 is 0 Å². The second-order valence-corrected chi connectivity index (χ2v) is 5.55. The first-order valence-electron chi connectivity index (χ1n) is 7.73. The van der Waals surface area contributed by atoms with Crippen molar-refractivity contribution in [2.24, 2.45) is 0 Å². The van der Waals surface area contributed by atoms with Gasteiger partial charge in [-0.15, -0.1) is 0 Å². The Morgan fingerprint density at radius 1 is 0.952 bits per heavy atom. The number of nitrogens with zero attached hydrogens (tertiary/aromatic N) is 1. The summed E-state index contributed by atoms with van der Waals surface area (Å²) in [7, 11) is 0. The van der Waals surface area contributed by atoms with Gasteiger partial charge in [0.2, 0.25) is 0 Å². The van der Waals surface area contributed by atoms with E-state index >= 15 is 0 Å². The normalized spacial score (nSPS) is 14.4. The zero-order valence-corrected chi connectivity index (χ0v) is 12.5. The Labute approximate surface area is 126 Å². The van der Waals surface area contributed by atoms with Crippen molar-refractivity contribution in [3.63, 3.8) is 0 Å². The summed E-state index contributed by atoms with van der Waals surface area (Å²) in [5.41, 5.74) is 4.85. The number of anilines is 1. The van der Waals surface area contributed by atoms with Crippen molar-refractivity contribution in [3.05, 3.63) is 65.2 Å². The predicted octanol–water partition coefficient (Wildman–Crippen LogP) is 3.88. The Morgan fingerprint density at radius 3 is 2.14 bits per heavy atom. The molecule has 21 heavy (non-hydrogen) atoms. The number of fused-ring (bicyclic) bond motifs is 1. The van der Waals surface area contributed by atoms with Gasteiger partial charge >= 0.3 is 0 Å². The van der Waals surface area contributed by atoms with Crippen LogP contribution in [0.1, 0.15) is 34.8 Å². The topological polar surface area (TPSA) is 20.3 Å². The number of Topliss-reactive ketones (excluding diaryl/α,β-unsaturated/α-hetero) is 1. The van der Waals surface area contributed by atoms with E-state index in [1.807, 2.05) is 25.1 Å². The molecule has 0 N–H and O–H groups in total. The molecule has 0 saturated heterocycles. The standard InChI is InChI=1S/C19H21NO/c1-2-19(21)17-9-5-6-10-18(17)20-13-11-15-7-3-4-8-16(15)12-14-20/h3-10H,2,11-14H2,1H3. The molecule has 2 aromatic carbocycles. The van der Waals surface area contributed by atoms with Gasteiger partial charge in [0.05, 0.1) is 0 Å². The van der Waals surface area contributed by atoms with E-state index in [2.05, 4.69) is 35.2 Å². The van der Waals surface area contributed by atoms with Gasteiger partial charge in [0.15, 0.2) is 5.78 Å². The molecule has 1 heterocycles. The van der Waals surface area contributed by atoms with Crippen LogP contribution in [0.3, 0.4) is 0 Å². The molecule has 1 aliphatic heterocycles. The monoisotopic (exact) mass is 279 g/mol. The van der Waals surface area contributed by atoms with Gasteiger partial charge in [-0.2, -0.15) is 0 Å². The molecule has 108 valence electrons. The van der Waals surface area contributed by atoms with Crippen LogP contribution in [-0.2, 0) is 12.8 Å². The molecule has 0 aliphatic carbocycles. The summed E-state index contributed by atoms with van der Waals surface area (Å²) in [4.78, 5) is 14.5. The van der Waals surface area contributed by atoms with Crippen molar-refractivity contribution in [3.8, 4) is 0 Å². The number of carbonyl (C=O) groups is 1. The van der Waals surface area contributed by atoms with E-state index in [9.17, 15) is 4.79 Å². The highest BCUT2D eigenvalue weighted by Crippen LogP contribution is 2.25. The molecular formula is C19H21NO. The van der Waals surface area contributed by atoms with Gasteiger partial charge in [0.1, 0.15) is 0 Å². The lowest BCUT2D eigenvalue weighted by Gasteiger charge is -2.25. The fourth-order valence-electron chi connectivity index (χ4n) is 3.08. The van der Waals surface area contributed by atoms with E-state index in [1.54, 1.807) is 0 Å². The van der Waals surface area contributed by atoms with Crippen LogP contribution >= 0.6 is 0 Å². The quantitative estimate of drug-likeness (QED) is 0.795. The summed E-state index contributed by atoms with van der Waals surface area (Å²) in [6.07, 6.45) is 2.65. The molecule has 0 spiro atoms. The third-order valence-electron chi connectivity index (χ3n) is 4.29. The zero-order chi connectivity index (χ0) is 14.7. The third-order valence-corrected chi connectivity index (χ3v) is 4.29. The van der Waals surface area contributed by atoms with Crippen molar-refractivity contribution < 1.29 is 4.79 Å². The van der Waals surface area contributed by atoms with E-state index in [0.717, 1.165) is 37.2 Å². The van der Waals surface area contributed by atoms with Crippen molar-refractivity contribution in [1.29, 1.82) is 0 Å². The minimum Gasteiger partial charge on any atom is -0.370 e.